The zero-order valence-electron chi connectivity index (χ0n) is 11.2. The van der Waals surface area contributed by atoms with E-state index in [4.69, 9.17) is 0 Å². The summed E-state index contributed by atoms with van der Waals surface area (Å²) in [6.45, 7) is 0. The zero-order valence-corrected chi connectivity index (χ0v) is 11.2. The van der Waals surface area contributed by atoms with E-state index in [9.17, 15) is 9.90 Å². The molecule has 2 N–H and O–H groups in total. The lowest BCUT2D eigenvalue weighted by Gasteiger charge is -2.11. The van der Waals surface area contributed by atoms with Gasteiger partial charge in [-0.15, -0.1) is 0 Å². The van der Waals surface area contributed by atoms with Crippen LogP contribution in [-0.4, -0.2) is 31.0 Å². The first-order valence-electron chi connectivity index (χ1n) is 6.64. The molecule has 2 heterocycles. The lowest BCUT2D eigenvalue weighted by atomic mass is 9.96. The minimum atomic E-state index is -0.843. The number of nitrogens with one attached hydrogen (secondary N) is 1. The van der Waals surface area contributed by atoms with Crippen LogP contribution < -0.4 is 0 Å². The maximum absolute atomic E-state index is 11.4. The van der Waals surface area contributed by atoms with E-state index < -0.39 is 11.9 Å². The quantitative estimate of drug-likeness (QED) is 0.745. The van der Waals surface area contributed by atoms with Crippen molar-refractivity contribution in [3.63, 3.8) is 0 Å². The molecule has 1 unspecified atom stereocenters. The van der Waals surface area contributed by atoms with Crippen LogP contribution in [0.3, 0.4) is 0 Å². The lowest BCUT2D eigenvalue weighted by molar-refractivity contribution is -0.141. The fourth-order valence-electron chi connectivity index (χ4n) is 2.24. The third-order valence-corrected chi connectivity index (χ3v) is 3.33. The van der Waals surface area contributed by atoms with Gasteiger partial charge in [0.05, 0.1) is 18.4 Å². The predicted octanol–water partition coefficient (Wildman–Crippen LogP) is 1.84. The van der Waals surface area contributed by atoms with E-state index in [-0.39, 0.29) is 6.42 Å². The third-order valence-electron chi connectivity index (χ3n) is 3.33. The van der Waals surface area contributed by atoms with Gasteiger partial charge in [0.25, 0.3) is 0 Å². The molecule has 0 spiro atoms. The molecule has 0 amide bonds. The Balaban J connectivity index is 1.79. The molecular weight excluding hydrogens is 268 g/mol. The topological polar surface area (TPSA) is 91.8 Å². The number of aromatic nitrogens is 4. The molecule has 0 radical (unpaired) electrons. The van der Waals surface area contributed by atoms with Gasteiger partial charge in [0.2, 0.25) is 0 Å². The summed E-state index contributed by atoms with van der Waals surface area (Å²) < 4.78 is 0. The summed E-state index contributed by atoms with van der Waals surface area (Å²) >= 11 is 0. The van der Waals surface area contributed by atoms with E-state index in [2.05, 4.69) is 19.9 Å². The van der Waals surface area contributed by atoms with Gasteiger partial charge in [-0.1, -0.05) is 30.3 Å². The maximum Gasteiger partial charge on any atom is 0.307 e. The molecule has 1 atom stereocenters. The first-order valence-corrected chi connectivity index (χ1v) is 6.64. The average molecular weight is 282 g/mol. The number of fused-ring (bicyclic) bond motifs is 1. The van der Waals surface area contributed by atoms with Crippen molar-refractivity contribution in [1.29, 1.82) is 0 Å². The van der Waals surface area contributed by atoms with Crippen LogP contribution in [-0.2, 0) is 17.6 Å². The standard InChI is InChI=1S/C15H14N4O2/c20-15(21)11(6-10-4-2-1-3-5-10)7-13-16-8-12-14(19-13)18-9-17-12/h1-5,8-9,11H,6-7H2,(H,20,21)(H,16,17,18,19). The Morgan fingerprint density at radius 3 is 2.76 bits per heavy atom. The molecule has 0 bridgehead atoms. The Labute approximate surface area is 120 Å². The van der Waals surface area contributed by atoms with Gasteiger partial charge in [0.15, 0.2) is 5.65 Å². The molecule has 0 saturated carbocycles. The lowest BCUT2D eigenvalue weighted by Crippen LogP contribution is -2.20. The summed E-state index contributed by atoms with van der Waals surface area (Å²) in [4.78, 5) is 26.9. The average Bonchev–Trinajstić information content (AvgIpc) is 2.95. The highest BCUT2D eigenvalue weighted by Crippen LogP contribution is 2.14. The van der Waals surface area contributed by atoms with Crippen molar-refractivity contribution in [1.82, 2.24) is 19.9 Å². The molecule has 3 rings (SSSR count). The SMILES string of the molecule is O=C(O)C(Cc1ccccc1)Cc1ncc2[nH]cnc2n1. The predicted molar refractivity (Wildman–Crippen MR) is 76.7 cm³/mol. The monoisotopic (exact) mass is 282 g/mol. The molecule has 0 fully saturated rings. The normalized spacial score (nSPS) is 12.4. The van der Waals surface area contributed by atoms with Gasteiger partial charge in [-0.05, 0) is 12.0 Å². The first-order chi connectivity index (χ1) is 10.2. The van der Waals surface area contributed by atoms with Crippen LogP contribution in [0.15, 0.2) is 42.9 Å². The van der Waals surface area contributed by atoms with Crippen LogP contribution in [0.2, 0.25) is 0 Å². The summed E-state index contributed by atoms with van der Waals surface area (Å²) in [5, 5.41) is 9.39. The van der Waals surface area contributed by atoms with E-state index in [1.54, 1.807) is 12.5 Å². The van der Waals surface area contributed by atoms with Crippen LogP contribution >= 0.6 is 0 Å². The van der Waals surface area contributed by atoms with Gasteiger partial charge in [0.1, 0.15) is 11.3 Å². The molecule has 3 aromatic rings. The number of carboxylic acid groups (broad SMARTS) is 1. The second kappa shape index (κ2) is 5.70. The molecule has 1 aromatic carbocycles. The number of hydrogen-bond acceptors (Lipinski definition) is 4. The fourth-order valence-corrected chi connectivity index (χ4v) is 2.24. The van der Waals surface area contributed by atoms with Crippen LogP contribution in [0.1, 0.15) is 11.4 Å². The van der Waals surface area contributed by atoms with Crippen molar-refractivity contribution in [2.45, 2.75) is 12.8 Å². The van der Waals surface area contributed by atoms with Crippen molar-refractivity contribution in [2.75, 3.05) is 0 Å². The van der Waals surface area contributed by atoms with E-state index in [1.807, 2.05) is 30.3 Å². The summed E-state index contributed by atoms with van der Waals surface area (Å²) in [6, 6.07) is 9.57. The van der Waals surface area contributed by atoms with Gasteiger partial charge in [-0.2, -0.15) is 0 Å². The van der Waals surface area contributed by atoms with Crippen LogP contribution in [0.5, 0.6) is 0 Å². The number of benzene rings is 1. The molecule has 21 heavy (non-hydrogen) atoms. The Morgan fingerprint density at radius 2 is 2.00 bits per heavy atom. The summed E-state index contributed by atoms with van der Waals surface area (Å²) in [6.07, 6.45) is 3.92. The molecular formula is C15H14N4O2. The minimum Gasteiger partial charge on any atom is -0.481 e. The number of nitrogens with zero attached hydrogens (tertiary/aromatic N) is 3. The number of aromatic amines is 1. The Hall–Kier alpha value is -2.76. The number of carboxylic acids is 1. The second-order valence-corrected chi connectivity index (χ2v) is 4.86. The molecule has 0 aliphatic heterocycles. The van der Waals surface area contributed by atoms with E-state index in [0.29, 0.717) is 17.9 Å². The maximum atomic E-state index is 11.4. The van der Waals surface area contributed by atoms with Crippen molar-refractivity contribution in [3.8, 4) is 0 Å². The van der Waals surface area contributed by atoms with Crippen molar-refractivity contribution < 1.29 is 9.90 Å². The Kier molecular flexibility index (Phi) is 3.59. The van der Waals surface area contributed by atoms with Gasteiger partial charge < -0.3 is 10.1 Å². The van der Waals surface area contributed by atoms with Crippen LogP contribution in [0, 0.1) is 5.92 Å². The number of hydrogen-bond donors (Lipinski definition) is 2. The number of imidazole rings is 1. The van der Waals surface area contributed by atoms with Gasteiger partial charge in [0, 0.05) is 6.42 Å². The van der Waals surface area contributed by atoms with Crippen molar-refractivity contribution in [3.05, 3.63) is 54.2 Å². The molecule has 0 aliphatic carbocycles. The van der Waals surface area contributed by atoms with Crippen LogP contribution in [0.4, 0.5) is 0 Å². The van der Waals surface area contributed by atoms with Gasteiger partial charge >= 0.3 is 5.97 Å². The highest BCUT2D eigenvalue weighted by Gasteiger charge is 2.20. The minimum absolute atomic E-state index is 0.285. The van der Waals surface area contributed by atoms with E-state index >= 15 is 0 Å². The summed E-state index contributed by atoms with van der Waals surface area (Å²) in [5.41, 5.74) is 2.29. The second-order valence-electron chi connectivity index (χ2n) is 4.86. The number of H-pyrrole nitrogens is 1. The first kappa shape index (κ1) is 13.2. The van der Waals surface area contributed by atoms with Crippen molar-refractivity contribution >= 4 is 17.1 Å². The molecule has 0 saturated heterocycles. The largest absolute Gasteiger partial charge is 0.481 e. The number of rotatable bonds is 5. The molecule has 2 aromatic heterocycles. The third kappa shape index (κ3) is 3.05. The Bertz CT molecular complexity index is 754. The smallest absolute Gasteiger partial charge is 0.307 e. The molecule has 0 aliphatic rings. The summed E-state index contributed by atoms with van der Waals surface area (Å²) in [5.74, 6) is -0.897. The summed E-state index contributed by atoms with van der Waals surface area (Å²) in [7, 11) is 0. The zero-order chi connectivity index (χ0) is 14.7. The number of carbonyl (C=O) groups is 1. The van der Waals surface area contributed by atoms with Gasteiger partial charge in [-0.25, -0.2) is 15.0 Å². The van der Waals surface area contributed by atoms with E-state index in [1.165, 1.54) is 0 Å². The van der Waals surface area contributed by atoms with Crippen molar-refractivity contribution in [2.24, 2.45) is 5.92 Å². The number of aliphatic carboxylic acids is 1. The molecule has 6 heteroatoms. The van der Waals surface area contributed by atoms with Gasteiger partial charge in [-0.3, -0.25) is 4.79 Å². The Morgan fingerprint density at radius 1 is 1.19 bits per heavy atom. The van der Waals surface area contributed by atoms with Crippen LogP contribution in [0.25, 0.3) is 11.2 Å². The molecule has 6 nitrogen and oxygen atoms in total. The highest BCUT2D eigenvalue weighted by atomic mass is 16.4. The van der Waals surface area contributed by atoms with E-state index in [0.717, 1.165) is 11.1 Å². The fraction of sp³-hybridized carbons (Fsp3) is 0.200. The molecule has 106 valence electrons. The highest BCUT2D eigenvalue weighted by molar-refractivity contribution is 5.71.